The maximum absolute atomic E-state index is 10.6. The van der Waals surface area contributed by atoms with Gasteiger partial charge in [0.2, 0.25) is 0 Å². The summed E-state index contributed by atoms with van der Waals surface area (Å²) >= 11 is 0. The summed E-state index contributed by atoms with van der Waals surface area (Å²) in [5, 5.41) is 10.6. The molecule has 1 aromatic carbocycles. The second-order valence-electron chi connectivity index (χ2n) is 3.17. The Bertz CT molecular complexity index is 350. The number of hydrogen-bond acceptors (Lipinski definition) is 4. The fraction of sp³-hybridized carbons (Fsp3) is 0.333. The van der Waals surface area contributed by atoms with Gasteiger partial charge < -0.3 is 10.6 Å². The third kappa shape index (κ3) is 2.00. The SMILES string of the molecule is CN(C)c1ccc([N+](=O)[O-])c(CN)c1. The van der Waals surface area contributed by atoms with Crippen LogP contribution in [0.3, 0.4) is 0 Å². The van der Waals surface area contributed by atoms with Crippen molar-refractivity contribution >= 4 is 11.4 Å². The van der Waals surface area contributed by atoms with E-state index < -0.39 is 4.92 Å². The van der Waals surface area contributed by atoms with Gasteiger partial charge in [-0.15, -0.1) is 0 Å². The highest BCUT2D eigenvalue weighted by Gasteiger charge is 2.12. The van der Waals surface area contributed by atoms with Gasteiger partial charge >= 0.3 is 0 Å². The molecule has 14 heavy (non-hydrogen) atoms. The first kappa shape index (κ1) is 10.5. The van der Waals surface area contributed by atoms with Crippen LogP contribution < -0.4 is 10.6 Å². The molecule has 5 nitrogen and oxygen atoms in total. The second kappa shape index (κ2) is 4.06. The molecule has 0 saturated heterocycles. The molecule has 2 N–H and O–H groups in total. The van der Waals surface area contributed by atoms with Gasteiger partial charge in [0.05, 0.1) is 4.92 Å². The molecule has 0 fully saturated rings. The van der Waals surface area contributed by atoms with Gasteiger partial charge in [-0.05, 0) is 12.1 Å². The maximum Gasteiger partial charge on any atom is 0.274 e. The quantitative estimate of drug-likeness (QED) is 0.579. The monoisotopic (exact) mass is 195 g/mol. The zero-order valence-corrected chi connectivity index (χ0v) is 8.23. The van der Waals surface area contributed by atoms with E-state index in [0.29, 0.717) is 5.56 Å². The van der Waals surface area contributed by atoms with Crippen LogP contribution in [0.4, 0.5) is 11.4 Å². The predicted molar refractivity (Wildman–Crippen MR) is 55.3 cm³/mol. The standard InChI is InChI=1S/C9H13N3O2/c1-11(2)8-3-4-9(12(13)14)7(5-8)6-10/h3-5H,6,10H2,1-2H3. The summed E-state index contributed by atoms with van der Waals surface area (Å²) < 4.78 is 0. The molecule has 76 valence electrons. The molecular formula is C9H13N3O2. The van der Waals surface area contributed by atoms with Crippen LogP contribution in [-0.2, 0) is 6.54 Å². The molecule has 0 aliphatic heterocycles. The lowest BCUT2D eigenvalue weighted by Crippen LogP contribution is -2.10. The molecule has 1 rings (SSSR count). The molecule has 0 atom stereocenters. The Morgan fingerprint density at radius 1 is 1.50 bits per heavy atom. The van der Waals surface area contributed by atoms with E-state index in [1.165, 1.54) is 6.07 Å². The van der Waals surface area contributed by atoms with E-state index in [4.69, 9.17) is 5.73 Å². The van der Waals surface area contributed by atoms with E-state index in [1.807, 2.05) is 19.0 Å². The summed E-state index contributed by atoms with van der Waals surface area (Å²) in [5.41, 5.74) is 6.99. The highest BCUT2D eigenvalue weighted by atomic mass is 16.6. The highest BCUT2D eigenvalue weighted by molar-refractivity contribution is 5.54. The summed E-state index contributed by atoms with van der Waals surface area (Å²) in [6.45, 7) is 0.179. The van der Waals surface area contributed by atoms with Crippen molar-refractivity contribution < 1.29 is 4.92 Å². The van der Waals surface area contributed by atoms with Crippen LogP contribution in [0, 0.1) is 10.1 Å². The third-order valence-corrected chi connectivity index (χ3v) is 2.00. The molecule has 0 aromatic heterocycles. The van der Waals surface area contributed by atoms with Gasteiger partial charge in [0, 0.05) is 38.0 Å². The molecule has 0 aliphatic carbocycles. The van der Waals surface area contributed by atoms with Gasteiger partial charge in [0.1, 0.15) is 0 Å². The van der Waals surface area contributed by atoms with Crippen molar-refractivity contribution in [3.8, 4) is 0 Å². The Balaban J connectivity index is 3.18. The van der Waals surface area contributed by atoms with Crippen molar-refractivity contribution in [1.82, 2.24) is 0 Å². The van der Waals surface area contributed by atoms with E-state index in [-0.39, 0.29) is 12.2 Å². The summed E-state index contributed by atoms with van der Waals surface area (Å²) in [4.78, 5) is 12.1. The average Bonchev–Trinajstić information content (AvgIpc) is 2.16. The summed E-state index contributed by atoms with van der Waals surface area (Å²) in [6, 6.07) is 4.92. The second-order valence-corrected chi connectivity index (χ2v) is 3.17. The lowest BCUT2D eigenvalue weighted by molar-refractivity contribution is -0.385. The molecule has 0 unspecified atom stereocenters. The first-order chi connectivity index (χ1) is 6.56. The first-order valence-electron chi connectivity index (χ1n) is 4.21. The van der Waals surface area contributed by atoms with Crippen molar-refractivity contribution in [2.45, 2.75) is 6.54 Å². The largest absolute Gasteiger partial charge is 0.378 e. The Hall–Kier alpha value is -1.62. The molecule has 0 spiro atoms. The van der Waals surface area contributed by atoms with Crippen LogP contribution in [0.5, 0.6) is 0 Å². The minimum absolute atomic E-state index is 0.0816. The van der Waals surface area contributed by atoms with Crippen LogP contribution in [0.25, 0.3) is 0 Å². The number of anilines is 1. The van der Waals surface area contributed by atoms with Crippen LogP contribution in [-0.4, -0.2) is 19.0 Å². The van der Waals surface area contributed by atoms with Gasteiger partial charge in [-0.2, -0.15) is 0 Å². The van der Waals surface area contributed by atoms with E-state index >= 15 is 0 Å². The molecule has 1 aromatic rings. The highest BCUT2D eigenvalue weighted by Crippen LogP contribution is 2.23. The van der Waals surface area contributed by atoms with E-state index in [1.54, 1.807) is 12.1 Å². The number of nitro groups is 1. The number of benzene rings is 1. The predicted octanol–water partition coefficient (Wildman–Crippen LogP) is 1.12. The molecule has 0 bridgehead atoms. The number of nitrogens with two attached hydrogens (primary N) is 1. The van der Waals surface area contributed by atoms with Crippen molar-refractivity contribution in [3.63, 3.8) is 0 Å². The lowest BCUT2D eigenvalue weighted by atomic mass is 10.1. The Labute approximate surface area is 82.3 Å². The van der Waals surface area contributed by atoms with Gasteiger partial charge in [-0.25, -0.2) is 0 Å². The molecule has 5 heteroatoms. The van der Waals surface area contributed by atoms with Gasteiger partial charge in [-0.1, -0.05) is 0 Å². The normalized spacial score (nSPS) is 9.93. The summed E-state index contributed by atoms with van der Waals surface area (Å²) in [5.74, 6) is 0. The van der Waals surface area contributed by atoms with Crippen molar-refractivity contribution in [3.05, 3.63) is 33.9 Å². The Kier molecular flexibility index (Phi) is 3.03. The van der Waals surface area contributed by atoms with Crippen molar-refractivity contribution in [2.24, 2.45) is 5.73 Å². The Morgan fingerprint density at radius 3 is 2.57 bits per heavy atom. The van der Waals surface area contributed by atoms with Gasteiger partial charge in [0.25, 0.3) is 5.69 Å². The molecule has 0 heterocycles. The number of nitro benzene ring substituents is 1. The summed E-state index contributed by atoms with van der Waals surface area (Å²) in [7, 11) is 3.75. The molecule has 0 saturated carbocycles. The van der Waals surface area contributed by atoms with Gasteiger partial charge in [0.15, 0.2) is 0 Å². The minimum Gasteiger partial charge on any atom is -0.378 e. The van der Waals surface area contributed by atoms with E-state index in [0.717, 1.165) is 5.69 Å². The topological polar surface area (TPSA) is 72.4 Å². The van der Waals surface area contributed by atoms with E-state index in [9.17, 15) is 10.1 Å². The zero-order valence-electron chi connectivity index (χ0n) is 8.23. The molecule has 0 aliphatic rings. The first-order valence-corrected chi connectivity index (χ1v) is 4.21. The fourth-order valence-corrected chi connectivity index (χ4v) is 1.19. The van der Waals surface area contributed by atoms with Crippen molar-refractivity contribution in [2.75, 3.05) is 19.0 Å². The van der Waals surface area contributed by atoms with Gasteiger partial charge in [-0.3, -0.25) is 10.1 Å². The number of nitrogens with zero attached hydrogens (tertiary/aromatic N) is 2. The minimum atomic E-state index is -0.415. The number of rotatable bonds is 3. The van der Waals surface area contributed by atoms with E-state index in [2.05, 4.69) is 0 Å². The fourth-order valence-electron chi connectivity index (χ4n) is 1.19. The molecule has 0 amide bonds. The van der Waals surface area contributed by atoms with Crippen LogP contribution in [0.2, 0.25) is 0 Å². The van der Waals surface area contributed by atoms with Crippen LogP contribution >= 0.6 is 0 Å². The third-order valence-electron chi connectivity index (χ3n) is 2.00. The van der Waals surface area contributed by atoms with Crippen molar-refractivity contribution in [1.29, 1.82) is 0 Å². The average molecular weight is 195 g/mol. The van der Waals surface area contributed by atoms with Crippen LogP contribution in [0.1, 0.15) is 5.56 Å². The smallest absolute Gasteiger partial charge is 0.274 e. The van der Waals surface area contributed by atoms with Crippen LogP contribution in [0.15, 0.2) is 18.2 Å². The molecule has 0 radical (unpaired) electrons. The number of hydrogen-bond donors (Lipinski definition) is 1. The zero-order chi connectivity index (χ0) is 10.7. The maximum atomic E-state index is 10.6. The Morgan fingerprint density at radius 2 is 2.14 bits per heavy atom. The lowest BCUT2D eigenvalue weighted by Gasteiger charge is -2.13. The summed E-state index contributed by atoms with van der Waals surface area (Å²) in [6.07, 6.45) is 0. The molecular weight excluding hydrogens is 182 g/mol.